The van der Waals surface area contributed by atoms with Crippen molar-refractivity contribution >= 4 is 58.3 Å². The number of hydrogen-bond acceptors (Lipinski definition) is 2. The van der Waals surface area contributed by atoms with E-state index in [0.717, 1.165) is 14.8 Å². The van der Waals surface area contributed by atoms with Gasteiger partial charge in [0.25, 0.3) is 0 Å². The predicted molar refractivity (Wildman–Crippen MR) is 66.6 cm³/mol. The van der Waals surface area contributed by atoms with Crippen molar-refractivity contribution in [2.45, 2.75) is 5.33 Å². The summed E-state index contributed by atoms with van der Waals surface area (Å²) in [6, 6.07) is 6.24. The van der Waals surface area contributed by atoms with Gasteiger partial charge >= 0.3 is 0 Å². The fourth-order valence-electron chi connectivity index (χ4n) is 1.27. The molecule has 2 N–H and O–H groups in total. The molecule has 0 fully saturated rings. The lowest BCUT2D eigenvalue weighted by Gasteiger charge is -1.96. The normalized spacial score (nSPS) is 10.9. The molecular weight excluding hydrogens is 314 g/mol. The third-order valence-corrected chi connectivity index (χ3v) is 4.74. The van der Waals surface area contributed by atoms with E-state index in [0.29, 0.717) is 0 Å². The van der Waals surface area contributed by atoms with Crippen molar-refractivity contribution < 1.29 is 0 Å². The van der Waals surface area contributed by atoms with E-state index in [2.05, 4.69) is 50.1 Å². The SMILES string of the molecule is Nc1sc2c(CBr)cccc2c1Br. The quantitative estimate of drug-likeness (QED) is 0.785. The number of fused-ring (bicyclic) bond motifs is 1. The highest BCUT2D eigenvalue weighted by Gasteiger charge is 2.09. The van der Waals surface area contributed by atoms with E-state index in [1.165, 1.54) is 15.6 Å². The Morgan fingerprint density at radius 3 is 2.85 bits per heavy atom. The maximum Gasteiger partial charge on any atom is 0.101 e. The second kappa shape index (κ2) is 3.59. The second-order valence-electron chi connectivity index (χ2n) is 2.71. The Morgan fingerprint density at radius 2 is 2.15 bits per heavy atom. The van der Waals surface area contributed by atoms with Crippen LogP contribution in [-0.2, 0) is 5.33 Å². The number of nitrogens with two attached hydrogens (primary N) is 1. The van der Waals surface area contributed by atoms with Crippen LogP contribution in [0.5, 0.6) is 0 Å². The zero-order valence-electron chi connectivity index (χ0n) is 6.68. The number of alkyl halides is 1. The number of hydrogen-bond donors (Lipinski definition) is 1. The average molecular weight is 321 g/mol. The van der Waals surface area contributed by atoms with Gasteiger partial charge in [-0.25, -0.2) is 0 Å². The first-order chi connectivity index (χ1) is 6.24. The summed E-state index contributed by atoms with van der Waals surface area (Å²) in [5, 5.41) is 2.93. The molecule has 0 bridgehead atoms. The first kappa shape index (κ1) is 9.49. The fraction of sp³-hybridized carbons (Fsp3) is 0.111. The largest absolute Gasteiger partial charge is 0.390 e. The van der Waals surface area contributed by atoms with Crippen LogP contribution in [0.25, 0.3) is 10.1 Å². The summed E-state index contributed by atoms with van der Waals surface area (Å²) in [6.45, 7) is 0. The monoisotopic (exact) mass is 319 g/mol. The van der Waals surface area contributed by atoms with Crippen LogP contribution in [0, 0.1) is 0 Å². The third kappa shape index (κ3) is 1.51. The van der Waals surface area contributed by atoms with Crippen molar-refractivity contribution in [1.82, 2.24) is 0 Å². The summed E-state index contributed by atoms with van der Waals surface area (Å²) in [7, 11) is 0. The molecule has 0 aliphatic heterocycles. The summed E-state index contributed by atoms with van der Waals surface area (Å²) in [5.41, 5.74) is 7.12. The third-order valence-electron chi connectivity index (χ3n) is 1.91. The molecule has 0 saturated heterocycles. The van der Waals surface area contributed by atoms with Crippen LogP contribution in [-0.4, -0.2) is 0 Å². The number of anilines is 1. The van der Waals surface area contributed by atoms with Gasteiger partial charge in [0.1, 0.15) is 5.00 Å². The van der Waals surface area contributed by atoms with Gasteiger partial charge in [-0.2, -0.15) is 0 Å². The van der Waals surface area contributed by atoms with E-state index in [9.17, 15) is 0 Å². The van der Waals surface area contributed by atoms with Crippen LogP contribution in [0.3, 0.4) is 0 Å². The molecule has 13 heavy (non-hydrogen) atoms. The van der Waals surface area contributed by atoms with Gasteiger partial charge in [0.05, 0.1) is 4.47 Å². The Hall–Kier alpha value is -0.0600. The molecule has 1 heterocycles. The molecule has 68 valence electrons. The summed E-state index contributed by atoms with van der Waals surface area (Å²) < 4.78 is 2.29. The Kier molecular flexibility index (Phi) is 2.62. The molecule has 0 aliphatic carbocycles. The summed E-state index contributed by atoms with van der Waals surface area (Å²) in [5.74, 6) is 0. The smallest absolute Gasteiger partial charge is 0.101 e. The minimum absolute atomic E-state index is 0.850. The summed E-state index contributed by atoms with van der Waals surface area (Å²) in [6.07, 6.45) is 0. The Balaban J connectivity index is 2.84. The topological polar surface area (TPSA) is 26.0 Å². The molecule has 0 unspecified atom stereocenters. The van der Waals surface area contributed by atoms with Crippen molar-refractivity contribution in [3.8, 4) is 0 Å². The molecule has 2 rings (SSSR count). The number of thiophene rings is 1. The van der Waals surface area contributed by atoms with Crippen LogP contribution in [0.2, 0.25) is 0 Å². The van der Waals surface area contributed by atoms with E-state index in [4.69, 9.17) is 5.73 Å². The molecular formula is C9H7Br2NS. The van der Waals surface area contributed by atoms with Gasteiger partial charge in [-0.3, -0.25) is 0 Å². The molecule has 0 atom stereocenters. The lowest BCUT2D eigenvalue weighted by Crippen LogP contribution is -1.77. The number of benzene rings is 1. The number of nitrogen functional groups attached to an aromatic ring is 1. The molecule has 2 aromatic rings. The maximum absolute atomic E-state index is 5.83. The molecule has 1 aromatic carbocycles. The van der Waals surface area contributed by atoms with Crippen LogP contribution in [0.1, 0.15) is 5.56 Å². The van der Waals surface area contributed by atoms with Crippen LogP contribution < -0.4 is 5.73 Å². The van der Waals surface area contributed by atoms with E-state index in [-0.39, 0.29) is 0 Å². The minimum atomic E-state index is 0.850. The van der Waals surface area contributed by atoms with Gasteiger partial charge in [0.15, 0.2) is 0 Å². The second-order valence-corrected chi connectivity index (χ2v) is 5.11. The molecule has 0 amide bonds. The highest BCUT2D eigenvalue weighted by molar-refractivity contribution is 9.11. The summed E-state index contributed by atoms with van der Waals surface area (Å²) >= 11 is 8.58. The highest BCUT2D eigenvalue weighted by Crippen LogP contribution is 2.39. The molecule has 0 spiro atoms. The van der Waals surface area contributed by atoms with Gasteiger partial charge in [-0.1, -0.05) is 34.1 Å². The zero-order valence-corrected chi connectivity index (χ0v) is 10.7. The van der Waals surface area contributed by atoms with Crippen molar-refractivity contribution in [2.24, 2.45) is 0 Å². The van der Waals surface area contributed by atoms with Crippen LogP contribution in [0.15, 0.2) is 22.7 Å². The number of halogens is 2. The first-order valence-electron chi connectivity index (χ1n) is 3.75. The Morgan fingerprint density at radius 1 is 1.38 bits per heavy atom. The predicted octanol–water partition coefficient (Wildman–Crippen LogP) is 4.14. The lowest BCUT2D eigenvalue weighted by molar-refractivity contribution is 1.51. The van der Waals surface area contributed by atoms with Gasteiger partial charge in [0.2, 0.25) is 0 Å². The maximum atomic E-state index is 5.83. The van der Waals surface area contributed by atoms with Gasteiger partial charge < -0.3 is 5.73 Å². The molecule has 4 heteroatoms. The highest BCUT2D eigenvalue weighted by atomic mass is 79.9. The van der Waals surface area contributed by atoms with E-state index >= 15 is 0 Å². The van der Waals surface area contributed by atoms with Gasteiger partial charge in [0, 0.05) is 15.4 Å². The fourth-order valence-corrected chi connectivity index (χ4v) is 3.60. The molecule has 0 radical (unpaired) electrons. The molecule has 1 nitrogen and oxygen atoms in total. The van der Waals surface area contributed by atoms with Crippen molar-refractivity contribution in [3.05, 3.63) is 28.2 Å². The zero-order chi connectivity index (χ0) is 9.42. The summed E-state index contributed by atoms with van der Waals surface area (Å²) in [4.78, 5) is 0. The first-order valence-corrected chi connectivity index (χ1v) is 6.48. The van der Waals surface area contributed by atoms with Crippen LogP contribution >= 0.6 is 43.2 Å². The molecule has 0 saturated carbocycles. The van der Waals surface area contributed by atoms with Crippen molar-refractivity contribution in [2.75, 3.05) is 5.73 Å². The Labute approximate surface area is 97.2 Å². The molecule has 1 aromatic heterocycles. The van der Waals surface area contributed by atoms with Crippen molar-refractivity contribution in [3.63, 3.8) is 0 Å². The lowest BCUT2D eigenvalue weighted by atomic mass is 10.2. The molecule has 0 aliphatic rings. The van der Waals surface area contributed by atoms with Gasteiger partial charge in [-0.05, 0) is 21.5 Å². The van der Waals surface area contributed by atoms with Crippen LogP contribution in [0.4, 0.5) is 5.00 Å². The van der Waals surface area contributed by atoms with E-state index in [1.54, 1.807) is 11.3 Å². The standard InChI is InChI=1S/C9H7Br2NS/c10-4-5-2-1-3-6-7(11)9(12)13-8(5)6/h1-3H,4,12H2. The van der Waals surface area contributed by atoms with Crippen molar-refractivity contribution in [1.29, 1.82) is 0 Å². The number of rotatable bonds is 1. The average Bonchev–Trinajstić information content (AvgIpc) is 2.43. The van der Waals surface area contributed by atoms with E-state index in [1.807, 2.05) is 0 Å². The minimum Gasteiger partial charge on any atom is -0.390 e. The Bertz CT molecular complexity index is 450. The van der Waals surface area contributed by atoms with Gasteiger partial charge in [-0.15, -0.1) is 11.3 Å². The van der Waals surface area contributed by atoms with E-state index < -0.39 is 0 Å².